The Morgan fingerprint density at radius 2 is 1.00 bits per heavy atom. The summed E-state index contributed by atoms with van der Waals surface area (Å²) in [5.74, 6) is -6.86. The van der Waals surface area contributed by atoms with Gasteiger partial charge < -0.3 is 30.3 Å². The number of carbonyl (C=O) groups excluding carboxylic acids is 2. The molecule has 0 saturated heterocycles. The molecule has 0 radical (unpaired) electrons. The summed E-state index contributed by atoms with van der Waals surface area (Å²) in [4.78, 5) is 47.5. The van der Waals surface area contributed by atoms with E-state index in [4.69, 9.17) is 21.4 Å². The third kappa shape index (κ3) is 10.9. The van der Waals surface area contributed by atoms with E-state index in [2.05, 4.69) is 10.1 Å². The highest BCUT2D eigenvalue weighted by Crippen LogP contribution is 2.35. The van der Waals surface area contributed by atoms with Crippen molar-refractivity contribution in [3.05, 3.63) is 166 Å². The van der Waals surface area contributed by atoms with Crippen LogP contribution in [0.4, 0.5) is 33.3 Å². The molecule has 6 aromatic carbocycles. The quantitative estimate of drug-likeness (QED) is 0.0887. The van der Waals surface area contributed by atoms with Crippen LogP contribution in [0.2, 0.25) is 5.02 Å². The Morgan fingerprint density at radius 3 is 1.48 bits per heavy atom. The molecule has 1 aliphatic carbocycles. The van der Waals surface area contributed by atoms with Crippen molar-refractivity contribution >= 4 is 46.7 Å². The third-order valence-electron chi connectivity index (χ3n) is 9.53. The minimum Gasteiger partial charge on any atom is -0.490 e. The van der Waals surface area contributed by atoms with E-state index in [1.807, 2.05) is 29.6 Å². The molecular weight excluding hydrogens is 839 g/mol. The summed E-state index contributed by atoms with van der Waals surface area (Å²) in [5.41, 5.74) is -0.359. The Labute approximate surface area is 355 Å². The SMILES string of the molecule is O=C(O)c1ccccc1C(=O)Nc1c(F)cc(-c2cccc(OC(F)F)c2)cc1F.O=C(O)c1ccccc1C(=O)Nc1c(F)cc(-c2cccc(OC3CCCC3)c2)cc1Cl. The van der Waals surface area contributed by atoms with Gasteiger partial charge in [0, 0.05) is 0 Å². The van der Waals surface area contributed by atoms with E-state index >= 15 is 0 Å². The second-order valence-corrected chi connectivity index (χ2v) is 14.1. The lowest BCUT2D eigenvalue weighted by Gasteiger charge is -2.15. The fraction of sp³-hybridized carbons (Fsp3) is 0.130. The van der Waals surface area contributed by atoms with E-state index in [-0.39, 0.29) is 55.9 Å². The maximum Gasteiger partial charge on any atom is 0.387 e. The predicted octanol–water partition coefficient (Wildman–Crippen LogP) is 11.6. The largest absolute Gasteiger partial charge is 0.490 e. The van der Waals surface area contributed by atoms with Crippen molar-refractivity contribution in [2.75, 3.05) is 10.6 Å². The molecule has 62 heavy (non-hydrogen) atoms. The molecule has 0 aromatic heterocycles. The Balaban J connectivity index is 0.000000207. The molecule has 2 amide bonds. The van der Waals surface area contributed by atoms with Crippen molar-refractivity contribution in [1.29, 1.82) is 0 Å². The number of hydrogen-bond acceptors (Lipinski definition) is 6. The molecule has 1 saturated carbocycles. The van der Waals surface area contributed by atoms with E-state index < -0.39 is 53.5 Å². The zero-order chi connectivity index (χ0) is 44.5. The lowest BCUT2D eigenvalue weighted by molar-refractivity contribution is -0.0498. The van der Waals surface area contributed by atoms with E-state index in [1.54, 1.807) is 6.07 Å². The average Bonchev–Trinajstić information content (AvgIpc) is 3.76. The van der Waals surface area contributed by atoms with Crippen LogP contribution < -0.4 is 20.1 Å². The number of benzene rings is 6. The summed E-state index contributed by atoms with van der Waals surface area (Å²) in [6, 6.07) is 28.2. The number of halogens is 6. The highest BCUT2D eigenvalue weighted by molar-refractivity contribution is 6.34. The minimum atomic E-state index is -3.06. The maximum atomic E-state index is 14.9. The van der Waals surface area contributed by atoms with Crippen LogP contribution in [-0.4, -0.2) is 46.7 Å². The molecule has 0 bridgehead atoms. The van der Waals surface area contributed by atoms with Crippen molar-refractivity contribution in [1.82, 2.24) is 0 Å². The van der Waals surface area contributed by atoms with Crippen LogP contribution in [0, 0.1) is 17.5 Å². The second-order valence-electron chi connectivity index (χ2n) is 13.7. The number of ether oxygens (including phenoxy) is 2. The van der Waals surface area contributed by atoms with Gasteiger partial charge in [-0.15, -0.1) is 0 Å². The van der Waals surface area contributed by atoms with Crippen molar-refractivity contribution in [3.63, 3.8) is 0 Å². The van der Waals surface area contributed by atoms with Crippen LogP contribution in [-0.2, 0) is 0 Å². The zero-order valence-electron chi connectivity index (χ0n) is 32.1. The van der Waals surface area contributed by atoms with Gasteiger partial charge in [0.15, 0.2) is 0 Å². The van der Waals surface area contributed by atoms with Crippen LogP contribution in [0.25, 0.3) is 22.3 Å². The number of carboxylic acid groups (broad SMARTS) is 2. The van der Waals surface area contributed by atoms with E-state index in [1.165, 1.54) is 78.9 Å². The lowest BCUT2D eigenvalue weighted by Crippen LogP contribution is -2.18. The number of nitrogens with one attached hydrogen (secondary N) is 2. The van der Waals surface area contributed by atoms with Gasteiger partial charge >= 0.3 is 18.6 Å². The highest BCUT2D eigenvalue weighted by Gasteiger charge is 2.22. The van der Waals surface area contributed by atoms with Gasteiger partial charge in [0.25, 0.3) is 11.8 Å². The lowest BCUT2D eigenvalue weighted by atomic mass is 10.0. The molecule has 0 spiro atoms. The molecule has 16 heteroatoms. The first-order valence-corrected chi connectivity index (χ1v) is 19.1. The highest BCUT2D eigenvalue weighted by atomic mass is 35.5. The third-order valence-corrected chi connectivity index (χ3v) is 9.83. The number of alkyl halides is 2. The van der Waals surface area contributed by atoms with Crippen LogP contribution in [0.1, 0.15) is 67.1 Å². The number of aromatic carboxylic acids is 2. The summed E-state index contributed by atoms with van der Waals surface area (Å²) in [6.07, 6.45) is 4.59. The average molecular weight is 873 g/mol. The molecule has 7 rings (SSSR count). The first kappa shape index (κ1) is 44.3. The van der Waals surface area contributed by atoms with Gasteiger partial charge in [0.2, 0.25) is 0 Å². The van der Waals surface area contributed by atoms with Gasteiger partial charge in [-0.1, -0.05) is 60.1 Å². The smallest absolute Gasteiger partial charge is 0.387 e. The van der Waals surface area contributed by atoms with Crippen LogP contribution >= 0.6 is 11.6 Å². The fourth-order valence-electron chi connectivity index (χ4n) is 6.61. The number of amides is 2. The number of anilines is 2. The first-order valence-electron chi connectivity index (χ1n) is 18.8. The summed E-state index contributed by atoms with van der Waals surface area (Å²) < 4.78 is 79.0. The summed E-state index contributed by atoms with van der Waals surface area (Å²) in [7, 11) is 0. The molecule has 0 atom stereocenters. The van der Waals surface area contributed by atoms with Crippen LogP contribution in [0.5, 0.6) is 11.5 Å². The second kappa shape index (κ2) is 19.9. The summed E-state index contributed by atoms with van der Waals surface area (Å²) in [5, 5.41) is 22.8. The maximum absolute atomic E-state index is 14.9. The molecule has 6 aromatic rings. The van der Waals surface area contributed by atoms with Gasteiger partial charge in [-0.05, 0) is 121 Å². The number of rotatable bonds is 12. The van der Waals surface area contributed by atoms with Crippen molar-refractivity contribution < 1.29 is 60.8 Å². The van der Waals surface area contributed by atoms with Crippen LogP contribution in [0.3, 0.4) is 0 Å². The summed E-state index contributed by atoms with van der Waals surface area (Å²) >= 11 is 6.29. The molecular formula is C46H34ClF5N2O8. The van der Waals surface area contributed by atoms with Gasteiger partial charge in [0.1, 0.15) is 34.6 Å². The van der Waals surface area contributed by atoms with E-state index in [0.29, 0.717) is 11.3 Å². The monoisotopic (exact) mass is 872 g/mol. The Kier molecular flexibility index (Phi) is 14.2. The van der Waals surface area contributed by atoms with Crippen LogP contribution in [0.15, 0.2) is 121 Å². The topological polar surface area (TPSA) is 151 Å². The van der Waals surface area contributed by atoms with Crippen molar-refractivity contribution in [2.45, 2.75) is 38.4 Å². The van der Waals surface area contributed by atoms with Crippen molar-refractivity contribution in [2.24, 2.45) is 0 Å². The molecule has 0 aliphatic heterocycles. The minimum absolute atomic E-state index is 0.00303. The van der Waals surface area contributed by atoms with Gasteiger partial charge in [0.05, 0.1) is 39.1 Å². The standard InChI is InChI=1S/C25H21ClFNO4.C21H13F4NO4/c26-21-13-16(15-6-5-9-18(12-15)32-17-7-1-2-8-17)14-22(27)23(21)28-24(29)19-10-3-4-11-20(19)25(30)31;22-16-9-12(11-4-3-5-13(8-11)30-21(24)25)10-17(23)18(16)26-19(27)14-6-1-2-7-15(14)20(28)29/h3-6,9-14,17H,1-2,7-8H2,(H,28,29)(H,30,31);1-10,21H,(H,26,27)(H,28,29). The van der Waals surface area contributed by atoms with E-state index in [9.17, 15) is 46.2 Å². The molecule has 1 aliphatic rings. The number of hydrogen-bond donors (Lipinski definition) is 4. The zero-order valence-corrected chi connectivity index (χ0v) is 32.9. The van der Waals surface area contributed by atoms with Crippen molar-refractivity contribution in [3.8, 4) is 33.8 Å². The predicted molar refractivity (Wildman–Crippen MR) is 221 cm³/mol. The molecule has 318 valence electrons. The summed E-state index contributed by atoms with van der Waals surface area (Å²) in [6.45, 7) is -3.06. The Bertz CT molecular complexity index is 2610. The van der Waals surface area contributed by atoms with E-state index in [0.717, 1.165) is 43.4 Å². The normalized spacial score (nSPS) is 12.2. The fourth-order valence-corrected chi connectivity index (χ4v) is 6.87. The Morgan fingerprint density at radius 1 is 0.565 bits per heavy atom. The number of carboxylic acids is 2. The van der Waals surface area contributed by atoms with Gasteiger partial charge in [-0.2, -0.15) is 8.78 Å². The van der Waals surface area contributed by atoms with Gasteiger partial charge in [-0.3, -0.25) is 9.59 Å². The first-order chi connectivity index (χ1) is 29.7. The molecule has 0 heterocycles. The Hall–Kier alpha value is -7.26. The number of carbonyl (C=O) groups is 4. The van der Waals surface area contributed by atoms with Gasteiger partial charge in [-0.25, -0.2) is 22.8 Å². The molecule has 10 nitrogen and oxygen atoms in total. The molecule has 0 unspecified atom stereocenters. The molecule has 1 fully saturated rings. The molecule has 4 N–H and O–H groups in total.